The molecule has 0 atom stereocenters. The zero-order valence-corrected chi connectivity index (χ0v) is 13.8. The van der Waals surface area contributed by atoms with Gasteiger partial charge in [-0.2, -0.15) is 0 Å². The Bertz CT molecular complexity index is 445. The van der Waals surface area contributed by atoms with Crippen molar-refractivity contribution in [1.29, 1.82) is 0 Å². The van der Waals surface area contributed by atoms with Crippen molar-refractivity contribution in [2.24, 2.45) is 0 Å². The highest BCUT2D eigenvalue weighted by atomic mass is 35.5. The van der Waals surface area contributed by atoms with Gasteiger partial charge < -0.3 is 14.8 Å². The molecule has 1 aromatic carbocycles. The Hall–Kier alpha value is -0.930. The second-order valence-electron chi connectivity index (χ2n) is 5.66. The molecular formula is C17H26ClNO2. The van der Waals surface area contributed by atoms with E-state index < -0.39 is 0 Å². The van der Waals surface area contributed by atoms with E-state index in [-0.39, 0.29) is 0 Å². The van der Waals surface area contributed by atoms with Crippen LogP contribution in [0.2, 0.25) is 5.02 Å². The number of nitrogens with one attached hydrogen (secondary N) is 1. The molecule has 0 saturated heterocycles. The zero-order chi connectivity index (χ0) is 15.1. The Balaban J connectivity index is 2.01. The van der Waals surface area contributed by atoms with Gasteiger partial charge in [-0.1, -0.05) is 37.8 Å². The lowest BCUT2D eigenvalue weighted by Gasteiger charge is -2.23. The maximum atomic E-state index is 6.38. The minimum atomic E-state index is 0.622. The van der Waals surface area contributed by atoms with E-state index in [9.17, 15) is 0 Å². The summed E-state index contributed by atoms with van der Waals surface area (Å²) < 4.78 is 11.1. The van der Waals surface area contributed by atoms with Crippen LogP contribution in [0.25, 0.3) is 0 Å². The number of benzene rings is 1. The van der Waals surface area contributed by atoms with Gasteiger partial charge in [0.25, 0.3) is 0 Å². The molecule has 0 unspecified atom stereocenters. The van der Waals surface area contributed by atoms with Gasteiger partial charge in [-0.3, -0.25) is 0 Å². The first-order valence-corrected chi connectivity index (χ1v) is 8.35. The van der Waals surface area contributed by atoms with E-state index in [1.54, 1.807) is 7.11 Å². The summed E-state index contributed by atoms with van der Waals surface area (Å²) in [7, 11) is 1.67. The van der Waals surface area contributed by atoms with Crippen molar-refractivity contribution in [3.05, 3.63) is 22.7 Å². The molecule has 0 aromatic heterocycles. The predicted molar refractivity (Wildman–Crippen MR) is 87.5 cm³/mol. The third kappa shape index (κ3) is 4.79. The first-order valence-electron chi connectivity index (χ1n) is 7.97. The van der Waals surface area contributed by atoms with Crippen molar-refractivity contribution in [2.75, 3.05) is 13.7 Å². The molecular weight excluding hydrogens is 286 g/mol. The van der Waals surface area contributed by atoms with Crippen LogP contribution in [-0.4, -0.2) is 19.8 Å². The second kappa shape index (κ2) is 8.50. The molecule has 1 aliphatic rings. The summed E-state index contributed by atoms with van der Waals surface area (Å²) in [4.78, 5) is 0. The van der Waals surface area contributed by atoms with Crippen molar-refractivity contribution in [2.45, 2.75) is 58.0 Å². The summed E-state index contributed by atoms with van der Waals surface area (Å²) in [6.45, 7) is 3.54. The molecule has 0 aliphatic heterocycles. The minimum Gasteiger partial charge on any atom is -0.493 e. The van der Waals surface area contributed by atoms with Crippen molar-refractivity contribution in [3.63, 3.8) is 0 Å². The summed E-state index contributed by atoms with van der Waals surface area (Å²) in [5.41, 5.74) is 1.07. The minimum absolute atomic E-state index is 0.622. The molecule has 118 valence electrons. The summed E-state index contributed by atoms with van der Waals surface area (Å²) in [6.07, 6.45) is 7.54. The van der Waals surface area contributed by atoms with E-state index in [1.807, 2.05) is 12.1 Å². The number of halogens is 1. The van der Waals surface area contributed by atoms with Gasteiger partial charge in [0.15, 0.2) is 11.5 Å². The molecule has 1 aliphatic carbocycles. The van der Waals surface area contributed by atoms with Crippen molar-refractivity contribution in [1.82, 2.24) is 5.32 Å². The average Bonchev–Trinajstić information content (AvgIpc) is 2.52. The first-order chi connectivity index (χ1) is 10.2. The molecule has 1 saturated carbocycles. The van der Waals surface area contributed by atoms with Crippen LogP contribution in [-0.2, 0) is 6.54 Å². The molecule has 0 amide bonds. The van der Waals surface area contributed by atoms with E-state index in [0.717, 1.165) is 35.1 Å². The highest BCUT2D eigenvalue weighted by Gasteiger charge is 2.15. The van der Waals surface area contributed by atoms with E-state index in [2.05, 4.69) is 12.2 Å². The van der Waals surface area contributed by atoms with Crippen LogP contribution >= 0.6 is 11.6 Å². The molecule has 0 bridgehead atoms. The quantitative estimate of drug-likeness (QED) is 0.800. The third-order valence-corrected chi connectivity index (χ3v) is 4.33. The fourth-order valence-electron chi connectivity index (χ4n) is 2.76. The van der Waals surface area contributed by atoms with E-state index in [1.165, 1.54) is 32.1 Å². The number of methoxy groups -OCH3 is 1. The molecule has 0 heterocycles. The van der Waals surface area contributed by atoms with Gasteiger partial charge in [0.05, 0.1) is 13.7 Å². The van der Waals surface area contributed by atoms with Gasteiger partial charge in [-0.25, -0.2) is 0 Å². The van der Waals surface area contributed by atoms with Gasteiger partial charge in [0, 0.05) is 23.7 Å². The number of ether oxygens (including phenoxy) is 2. The highest BCUT2D eigenvalue weighted by molar-refractivity contribution is 6.31. The normalized spacial score (nSPS) is 16.0. The molecule has 3 nitrogen and oxygen atoms in total. The van der Waals surface area contributed by atoms with Crippen LogP contribution in [0.15, 0.2) is 12.1 Å². The number of hydrogen-bond acceptors (Lipinski definition) is 3. The van der Waals surface area contributed by atoms with E-state index >= 15 is 0 Å². The summed E-state index contributed by atoms with van der Waals surface area (Å²) in [5, 5.41) is 4.35. The van der Waals surface area contributed by atoms with Gasteiger partial charge in [-0.05, 0) is 30.9 Å². The maximum absolute atomic E-state index is 6.38. The topological polar surface area (TPSA) is 30.5 Å². The van der Waals surface area contributed by atoms with Crippen molar-refractivity contribution in [3.8, 4) is 11.5 Å². The fraction of sp³-hybridized carbons (Fsp3) is 0.647. The molecule has 1 aromatic rings. The monoisotopic (exact) mass is 311 g/mol. The van der Waals surface area contributed by atoms with Gasteiger partial charge in [-0.15, -0.1) is 0 Å². The lowest BCUT2D eigenvalue weighted by atomic mass is 9.95. The highest BCUT2D eigenvalue weighted by Crippen LogP contribution is 2.33. The fourth-order valence-corrected chi connectivity index (χ4v) is 2.98. The molecule has 1 N–H and O–H groups in total. The largest absolute Gasteiger partial charge is 0.493 e. The standard InChI is InChI=1S/C17H26ClNO2/c1-3-9-21-17-11-15(18)13(10-16(17)20-2)12-19-14-7-5-4-6-8-14/h10-11,14,19H,3-9,12H2,1-2H3. The lowest BCUT2D eigenvalue weighted by Crippen LogP contribution is -2.30. The van der Waals surface area contributed by atoms with Crippen LogP contribution < -0.4 is 14.8 Å². The van der Waals surface area contributed by atoms with Crippen LogP contribution in [0.1, 0.15) is 51.0 Å². The molecule has 21 heavy (non-hydrogen) atoms. The summed E-state index contributed by atoms with van der Waals surface area (Å²) in [6, 6.07) is 4.48. The van der Waals surface area contributed by atoms with Crippen LogP contribution in [0, 0.1) is 0 Å². The Morgan fingerprint density at radius 2 is 1.95 bits per heavy atom. The van der Waals surface area contributed by atoms with Gasteiger partial charge >= 0.3 is 0 Å². The Kier molecular flexibility index (Phi) is 6.65. The van der Waals surface area contributed by atoms with E-state index in [4.69, 9.17) is 21.1 Å². The third-order valence-electron chi connectivity index (χ3n) is 3.98. The maximum Gasteiger partial charge on any atom is 0.162 e. The van der Waals surface area contributed by atoms with Crippen LogP contribution in [0.4, 0.5) is 0 Å². The van der Waals surface area contributed by atoms with Crippen LogP contribution in [0.5, 0.6) is 11.5 Å². The second-order valence-corrected chi connectivity index (χ2v) is 6.07. The Labute approximate surface area is 133 Å². The molecule has 1 fully saturated rings. The van der Waals surface area contributed by atoms with E-state index in [0.29, 0.717) is 12.6 Å². The molecule has 2 rings (SSSR count). The number of rotatable bonds is 7. The lowest BCUT2D eigenvalue weighted by molar-refractivity contribution is 0.294. The van der Waals surface area contributed by atoms with Gasteiger partial charge in [0.2, 0.25) is 0 Å². The number of hydrogen-bond donors (Lipinski definition) is 1. The van der Waals surface area contributed by atoms with Crippen molar-refractivity contribution < 1.29 is 9.47 Å². The predicted octanol–water partition coefficient (Wildman–Crippen LogP) is 4.56. The summed E-state index contributed by atoms with van der Waals surface area (Å²) >= 11 is 6.38. The molecule has 4 heteroatoms. The van der Waals surface area contributed by atoms with Gasteiger partial charge in [0.1, 0.15) is 0 Å². The summed E-state index contributed by atoms with van der Waals surface area (Å²) in [5.74, 6) is 1.49. The zero-order valence-electron chi connectivity index (χ0n) is 13.1. The molecule has 0 radical (unpaired) electrons. The molecule has 0 spiro atoms. The smallest absolute Gasteiger partial charge is 0.162 e. The first kappa shape index (κ1) is 16.4. The Morgan fingerprint density at radius 3 is 2.62 bits per heavy atom. The van der Waals surface area contributed by atoms with Crippen LogP contribution in [0.3, 0.4) is 0 Å². The SMILES string of the molecule is CCCOc1cc(Cl)c(CNC2CCCCC2)cc1OC. The van der Waals surface area contributed by atoms with Crippen molar-refractivity contribution >= 4 is 11.6 Å². The average molecular weight is 312 g/mol. The Morgan fingerprint density at radius 1 is 1.19 bits per heavy atom.